The number of nitrogens with one attached hydrogen (secondary N) is 2. The molecule has 0 amide bonds. The van der Waals surface area contributed by atoms with Gasteiger partial charge in [0.2, 0.25) is 0 Å². The highest BCUT2D eigenvalue weighted by Gasteiger charge is 2.18. The first kappa shape index (κ1) is 21.3. The van der Waals surface area contributed by atoms with Crippen LogP contribution in [0.1, 0.15) is 24.1 Å². The van der Waals surface area contributed by atoms with Crippen molar-refractivity contribution in [1.29, 1.82) is 0 Å². The van der Waals surface area contributed by atoms with E-state index >= 15 is 0 Å². The van der Waals surface area contributed by atoms with Gasteiger partial charge in [0, 0.05) is 61.1 Å². The van der Waals surface area contributed by atoms with E-state index in [4.69, 9.17) is 0 Å². The number of likely N-dealkylation sites (tertiary alicyclic amines) is 1. The van der Waals surface area contributed by atoms with Gasteiger partial charge in [-0.05, 0) is 36.6 Å². The van der Waals surface area contributed by atoms with Crippen molar-refractivity contribution >= 4 is 22.3 Å². The van der Waals surface area contributed by atoms with Gasteiger partial charge in [0.25, 0.3) is 0 Å². The molecule has 0 unspecified atom stereocenters. The molecule has 3 heterocycles. The third-order valence-corrected chi connectivity index (χ3v) is 6.12. The molecule has 1 aliphatic heterocycles. The lowest BCUT2D eigenvalue weighted by molar-refractivity contribution is 0.145. The average molecular weight is 449 g/mol. The molecule has 0 atom stereocenters. The molecule has 0 saturated carbocycles. The quantitative estimate of drug-likeness (QED) is 0.430. The van der Waals surface area contributed by atoms with Crippen LogP contribution < -0.4 is 5.32 Å². The number of aryl methyl sites for hydroxylation is 1. The minimum atomic E-state index is -0.658. The zero-order valence-corrected chi connectivity index (χ0v) is 18.5. The number of aromatic amines is 1. The van der Waals surface area contributed by atoms with Gasteiger partial charge in [0.15, 0.2) is 0 Å². The van der Waals surface area contributed by atoms with Crippen LogP contribution in [0, 0.1) is 5.82 Å². The molecule has 2 aromatic carbocycles. The molecule has 1 aliphatic rings. The summed E-state index contributed by atoms with van der Waals surface area (Å²) in [5.41, 5.74) is 5.09. The van der Waals surface area contributed by atoms with E-state index in [-0.39, 0.29) is 5.82 Å². The Kier molecular flexibility index (Phi) is 5.68. The SMILES string of the molecule is C=C(Nc1ccc(CN2CCC(F)CC2)cc1)c1n[nH]c2cc(F)c(-c3cnn(C)c3)cc12. The largest absolute Gasteiger partial charge is 0.354 e. The first-order valence-corrected chi connectivity index (χ1v) is 11.0. The Balaban J connectivity index is 1.32. The fraction of sp³-hybridized carbons (Fsp3) is 0.280. The van der Waals surface area contributed by atoms with Crippen LogP contribution in [-0.2, 0) is 13.6 Å². The number of rotatable bonds is 6. The minimum Gasteiger partial charge on any atom is -0.354 e. The topological polar surface area (TPSA) is 61.8 Å². The summed E-state index contributed by atoms with van der Waals surface area (Å²) in [5, 5.41) is 15.5. The monoisotopic (exact) mass is 448 g/mol. The van der Waals surface area contributed by atoms with Gasteiger partial charge in [-0.2, -0.15) is 10.2 Å². The van der Waals surface area contributed by atoms with Crippen molar-refractivity contribution < 1.29 is 8.78 Å². The minimum absolute atomic E-state index is 0.337. The predicted octanol–water partition coefficient (Wildman–Crippen LogP) is 5.12. The molecular formula is C25H26F2N6. The zero-order chi connectivity index (χ0) is 22.9. The van der Waals surface area contributed by atoms with Gasteiger partial charge in [0.1, 0.15) is 17.7 Å². The van der Waals surface area contributed by atoms with Crippen LogP contribution in [0.3, 0.4) is 0 Å². The van der Waals surface area contributed by atoms with Crippen LogP contribution in [0.4, 0.5) is 14.5 Å². The summed E-state index contributed by atoms with van der Waals surface area (Å²) in [5.74, 6) is -0.337. The number of benzene rings is 2. The number of piperidine rings is 1. The molecule has 8 heteroatoms. The molecular weight excluding hydrogens is 422 g/mol. The second-order valence-electron chi connectivity index (χ2n) is 8.60. The molecule has 5 rings (SSSR count). The van der Waals surface area contributed by atoms with Crippen LogP contribution in [0.15, 0.2) is 55.4 Å². The lowest BCUT2D eigenvalue weighted by Crippen LogP contribution is -2.33. The number of H-pyrrole nitrogens is 1. The van der Waals surface area contributed by atoms with Gasteiger partial charge in [0.05, 0.1) is 17.4 Å². The van der Waals surface area contributed by atoms with Gasteiger partial charge < -0.3 is 5.32 Å². The number of hydrogen-bond donors (Lipinski definition) is 2. The van der Waals surface area contributed by atoms with Crippen LogP contribution >= 0.6 is 0 Å². The molecule has 1 fully saturated rings. The molecule has 0 bridgehead atoms. The summed E-state index contributed by atoms with van der Waals surface area (Å²) in [7, 11) is 1.80. The van der Waals surface area contributed by atoms with Crippen molar-refractivity contribution in [2.24, 2.45) is 7.05 Å². The Morgan fingerprint density at radius 2 is 1.97 bits per heavy atom. The second kappa shape index (κ2) is 8.78. The van der Waals surface area contributed by atoms with Crippen molar-refractivity contribution in [2.75, 3.05) is 18.4 Å². The van der Waals surface area contributed by atoms with Crippen LogP contribution in [-0.4, -0.2) is 44.1 Å². The van der Waals surface area contributed by atoms with Gasteiger partial charge in [-0.3, -0.25) is 14.7 Å². The Labute approximate surface area is 190 Å². The van der Waals surface area contributed by atoms with E-state index in [0.29, 0.717) is 40.9 Å². The lowest BCUT2D eigenvalue weighted by atomic mass is 10.0. The van der Waals surface area contributed by atoms with Gasteiger partial charge >= 0.3 is 0 Å². The van der Waals surface area contributed by atoms with Gasteiger partial charge in [-0.25, -0.2) is 8.78 Å². The Morgan fingerprint density at radius 1 is 1.21 bits per heavy atom. The van der Waals surface area contributed by atoms with E-state index in [2.05, 4.69) is 44.2 Å². The van der Waals surface area contributed by atoms with E-state index in [9.17, 15) is 8.78 Å². The van der Waals surface area contributed by atoms with Gasteiger partial charge in [-0.1, -0.05) is 18.7 Å². The summed E-state index contributed by atoms with van der Waals surface area (Å²) < 4.78 is 29.6. The Hall–Kier alpha value is -3.52. The number of halogens is 2. The lowest BCUT2D eigenvalue weighted by Gasteiger charge is -2.28. The molecule has 2 aromatic heterocycles. The molecule has 0 radical (unpaired) electrons. The average Bonchev–Trinajstić information content (AvgIpc) is 3.42. The standard InChI is InChI=1S/C25H26F2N6/c1-16(29-20-5-3-17(4-6-20)14-33-9-7-19(26)8-10-33)25-22-11-21(18-13-28-32(2)15-18)23(27)12-24(22)30-31-25/h3-6,11-13,15,19,29H,1,7-10,14H2,2H3,(H,30,31). The molecule has 4 aromatic rings. The van der Waals surface area contributed by atoms with Crippen molar-refractivity contribution in [2.45, 2.75) is 25.6 Å². The maximum absolute atomic E-state index is 14.7. The normalized spacial score (nSPS) is 15.2. The third kappa shape index (κ3) is 4.52. The molecule has 0 spiro atoms. The molecule has 6 nitrogen and oxygen atoms in total. The molecule has 2 N–H and O–H groups in total. The fourth-order valence-electron chi connectivity index (χ4n) is 4.29. The van der Waals surface area contributed by atoms with Crippen LogP contribution in [0.5, 0.6) is 0 Å². The number of fused-ring (bicyclic) bond motifs is 1. The maximum Gasteiger partial charge on any atom is 0.133 e. The highest BCUT2D eigenvalue weighted by atomic mass is 19.1. The van der Waals surface area contributed by atoms with E-state index in [1.54, 1.807) is 30.2 Å². The predicted molar refractivity (Wildman–Crippen MR) is 127 cm³/mol. The number of anilines is 1. The zero-order valence-electron chi connectivity index (χ0n) is 18.5. The fourth-order valence-corrected chi connectivity index (χ4v) is 4.29. The molecule has 170 valence electrons. The summed E-state index contributed by atoms with van der Waals surface area (Å²) in [6.45, 7) is 6.56. The second-order valence-corrected chi connectivity index (χ2v) is 8.60. The third-order valence-electron chi connectivity index (χ3n) is 6.12. The van der Waals surface area contributed by atoms with E-state index in [0.717, 1.165) is 30.7 Å². The summed E-state index contributed by atoms with van der Waals surface area (Å²) >= 11 is 0. The highest BCUT2D eigenvalue weighted by molar-refractivity contribution is 5.95. The van der Waals surface area contributed by atoms with Crippen molar-refractivity contribution in [3.05, 3.63) is 72.4 Å². The first-order valence-electron chi connectivity index (χ1n) is 11.0. The van der Waals surface area contributed by atoms with Crippen molar-refractivity contribution in [1.82, 2.24) is 24.9 Å². The highest BCUT2D eigenvalue weighted by Crippen LogP contribution is 2.30. The van der Waals surface area contributed by atoms with Gasteiger partial charge in [-0.15, -0.1) is 0 Å². The number of alkyl halides is 1. The Morgan fingerprint density at radius 3 is 2.67 bits per heavy atom. The smallest absolute Gasteiger partial charge is 0.133 e. The maximum atomic E-state index is 14.7. The van der Waals surface area contributed by atoms with Crippen LogP contribution in [0.2, 0.25) is 0 Å². The number of nitrogens with zero attached hydrogens (tertiary/aromatic N) is 4. The molecule has 1 saturated heterocycles. The van der Waals surface area contributed by atoms with Crippen LogP contribution in [0.25, 0.3) is 27.7 Å². The number of aromatic nitrogens is 4. The Bertz CT molecular complexity index is 1280. The van der Waals surface area contributed by atoms with E-state index in [1.165, 1.54) is 11.6 Å². The summed E-state index contributed by atoms with van der Waals surface area (Å²) in [6, 6.07) is 11.3. The van der Waals surface area contributed by atoms with Crippen molar-refractivity contribution in [3.8, 4) is 11.1 Å². The first-order chi connectivity index (χ1) is 16.0. The number of hydrogen-bond acceptors (Lipinski definition) is 4. The van der Waals surface area contributed by atoms with E-state index < -0.39 is 6.17 Å². The van der Waals surface area contributed by atoms with E-state index in [1.807, 2.05) is 12.1 Å². The summed E-state index contributed by atoms with van der Waals surface area (Å²) in [4.78, 5) is 2.28. The summed E-state index contributed by atoms with van der Waals surface area (Å²) in [6.07, 6.45) is 3.98. The molecule has 0 aliphatic carbocycles. The van der Waals surface area contributed by atoms with Crippen molar-refractivity contribution in [3.63, 3.8) is 0 Å². The molecule has 33 heavy (non-hydrogen) atoms.